The molecule has 2 N–H and O–H groups in total. The fourth-order valence-corrected chi connectivity index (χ4v) is 2.77. The average Bonchev–Trinajstić information content (AvgIpc) is 2.75. The van der Waals surface area contributed by atoms with Gasteiger partial charge in [0.2, 0.25) is 0 Å². The SMILES string of the molecule is Cc1cc(C)cc(NC(=O)Nc2cn(C)c3ccccc23)c1. The molecular formula is C18H19N3O. The highest BCUT2D eigenvalue weighted by Crippen LogP contribution is 2.25. The van der Waals surface area contributed by atoms with Crippen molar-refractivity contribution in [1.29, 1.82) is 0 Å². The number of aromatic nitrogens is 1. The molecule has 22 heavy (non-hydrogen) atoms. The number of carbonyl (C=O) groups is 1. The van der Waals surface area contributed by atoms with Crippen LogP contribution in [-0.2, 0) is 7.05 Å². The number of benzene rings is 2. The lowest BCUT2D eigenvalue weighted by atomic mass is 10.1. The fraction of sp³-hybridized carbons (Fsp3) is 0.167. The largest absolute Gasteiger partial charge is 0.348 e. The van der Waals surface area contributed by atoms with Gasteiger partial charge in [-0.3, -0.25) is 0 Å². The van der Waals surface area contributed by atoms with Crippen LogP contribution in [0.3, 0.4) is 0 Å². The third kappa shape index (κ3) is 2.81. The summed E-state index contributed by atoms with van der Waals surface area (Å²) >= 11 is 0. The van der Waals surface area contributed by atoms with Gasteiger partial charge in [-0.2, -0.15) is 0 Å². The highest BCUT2D eigenvalue weighted by molar-refractivity contribution is 6.06. The van der Waals surface area contributed by atoms with E-state index in [1.807, 2.05) is 68.1 Å². The Balaban J connectivity index is 1.81. The van der Waals surface area contributed by atoms with E-state index in [0.29, 0.717) is 0 Å². The first-order chi connectivity index (χ1) is 10.5. The van der Waals surface area contributed by atoms with Gasteiger partial charge in [0.15, 0.2) is 0 Å². The van der Waals surface area contributed by atoms with Crippen LogP contribution in [0.15, 0.2) is 48.7 Å². The maximum atomic E-state index is 12.2. The minimum Gasteiger partial charge on any atom is -0.348 e. The molecule has 2 aromatic carbocycles. The number of rotatable bonds is 2. The third-order valence-electron chi connectivity index (χ3n) is 3.62. The maximum Gasteiger partial charge on any atom is 0.323 e. The monoisotopic (exact) mass is 293 g/mol. The molecule has 112 valence electrons. The maximum absolute atomic E-state index is 12.2. The van der Waals surface area contributed by atoms with Crippen molar-refractivity contribution >= 4 is 28.3 Å². The molecule has 0 saturated heterocycles. The molecule has 2 amide bonds. The van der Waals surface area contributed by atoms with E-state index in [4.69, 9.17) is 0 Å². The normalized spacial score (nSPS) is 10.7. The van der Waals surface area contributed by atoms with Gasteiger partial charge in [0, 0.05) is 29.8 Å². The lowest BCUT2D eigenvalue weighted by Crippen LogP contribution is -2.19. The number of carbonyl (C=O) groups excluding carboxylic acids is 1. The zero-order chi connectivity index (χ0) is 15.7. The summed E-state index contributed by atoms with van der Waals surface area (Å²) in [6.45, 7) is 4.03. The second-order valence-electron chi connectivity index (χ2n) is 5.63. The van der Waals surface area contributed by atoms with E-state index in [-0.39, 0.29) is 6.03 Å². The van der Waals surface area contributed by atoms with Crippen LogP contribution < -0.4 is 10.6 Å². The van der Waals surface area contributed by atoms with Crippen LogP contribution in [-0.4, -0.2) is 10.6 Å². The quantitative estimate of drug-likeness (QED) is 0.721. The molecule has 4 heteroatoms. The average molecular weight is 293 g/mol. The van der Waals surface area contributed by atoms with Gasteiger partial charge in [0.05, 0.1) is 5.69 Å². The molecule has 0 aliphatic heterocycles. The van der Waals surface area contributed by atoms with E-state index in [1.165, 1.54) is 0 Å². The molecule has 0 aliphatic rings. The molecule has 0 fully saturated rings. The van der Waals surface area contributed by atoms with Gasteiger partial charge < -0.3 is 15.2 Å². The van der Waals surface area contributed by atoms with Crippen molar-refractivity contribution in [1.82, 2.24) is 4.57 Å². The first kappa shape index (κ1) is 14.2. The van der Waals surface area contributed by atoms with Crippen molar-refractivity contribution in [2.45, 2.75) is 13.8 Å². The second kappa shape index (κ2) is 5.56. The molecule has 0 spiro atoms. The van der Waals surface area contributed by atoms with Crippen molar-refractivity contribution in [2.24, 2.45) is 7.05 Å². The van der Waals surface area contributed by atoms with E-state index in [0.717, 1.165) is 33.4 Å². The Hall–Kier alpha value is -2.75. The molecule has 1 heterocycles. The van der Waals surface area contributed by atoms with Gasteiger partial charge in [0.1, 0.15) is 0 Å². The number of anilines is 2. The molecule has 0 bridgehead atoms. The van der Waals surface area contributed by atoms with Crippen molar-refractivity contribution in [3.8, 4) is 0 Å². The molecule has 1 aromatic heterocycles. The second-order valence-corrected chi connectivity index (χ2v) is 5.63. The summed E-state index contributed by atoms with van der Waals surface area (Å²) in [6, 6.07) is 13.7. The summed E-state index contributed by atoms with van der Waals surface area (Å²) < 4.78 is 2.00. The minimum atomic E-state index is -0.235. The molecule has 0 atom stereocenters. The zero-order valence-electron chi connectivity index (χ0n) is 13.0. The van der Waals surface area contributed by atoms with Crippen LogP contribution in [0, 0.1) is 13.8 Å². The van der Waals surface area contributed by atoms with E-state index in [9.17, 15) is 4.79 Å². The van der Waals surface area contributed by atoms with E-state index in [2.05, 4.69) is 16.7 Å². The molecule has 0 radical (unpaired) electrons. The van der Waals surface area contributed by atoms with Crippen LogP contribution in [0.1, 0.15) is 11.1 Å². The number of amides is 2. The fourth-order valence-electron chi connectivity index (χ4n) is 2.77. The predicted molar refractivity (Wildman–Crippen MR) is 91.5 cm³/mol. The zero-order valence-corrected chi connectivity index (χ0v) is 13.0. The lowest BCUT2D eigenvalue weighted by molar-refractivity contribution is 0.262. The number of nitrogens with one attached hydrogen (secondary N) is 2. The standard InChI is InChI=1S/C18H19N3O/c1-12-8-13(2)10-14(9-12)19-18(22)20-16-11-21(3)17-7-5-4-6-15(16)17/h4-11H,1-3H3,(H2,19,20,22). The van der Waals surface area contributed by atoms with Crippen molar-refractivity contribution in [3.63, 3.8) is 0 Å². The van der Waals surface area contributed by atoms with Crippen LogP contribution in [0.5, 0.6) is 0 Å². The smallest absolute Gasteiger partial charge is 0.323 e. The highest BCUT2D eigenvalue weighted by atomic mass is 16.2. The summed E-state index contributed by atoms with van der Waals surface area (Å²) in [4.78, 5) is 12.2. The molecule has 4 nitrogen and oxygen atoms in total. The van der Waals surface area contributed by atoms with E-state index < -0.39 is 0 Å². The first-order valence-corrected chi connectivity index (χ1v) is 7.23. The van der Waals surface area contributed by atoms with Crippen LogP contribution in [0.2, 0.25) is 0 Å². The Morgan fingerprint density at radius 3 is 2.41 bits per heavy atom. The number of nitrogens with zero attached hydrogens (tertiary/aromatic N) is 1. The van der Waals surface area contributed by atoms with Crippen molar-refractivity contribution in [2.75, 3.05) is 10.6 Å². The Labute approximate surface area is 129 Å². The summed E-state index contributed by atoms with van der Waals surface area (Å²) in [5, 5.41) is 6.84. The Kier molecular flexibility index (Phi) is 3.59. The van der Waals surface area contributed by atoms with Gasteiger partial charge >= 0.3 is 6.03 Å². The molecule has 3 aromatic rings. The number of hydrogen-bond acceptors (Lipinski definition) is 1. The topological polar surface area (TPSA) is 46.1 Å². The molecule has 0 saturated carbocycles. The van der Waals surface area contributed by atoms with E-state index in [1.54, 1.807) is 0 Å². The first-order valence-electron chi connectivity index (χ1n) is 7.23. The molecule has 0 aliphatic carbocycles. The summed E-state index contributed by atoms with van der Waals surface area (Å²) in [5.74, 6) is 0. The predicted octanol–water partition coefficient (Wildman–Crippen LogP) is 4.44. The van der Waals surface area contributed by atoms with Crippen molar-refractivity contribution in [3.05, 3.63) is 59.8 Å². The van der Waals surface area contributed by atoms with Crippen LogP contribution >= 0.6 is 0 Å². The van der Waals surface area contributed by atoms with Crippen LogP contribution in [0.4, 0.5) is 16.2 Å². The molecular weight excluding hydrogens is 274 g/mol. The number of urea groups is 1. The van der Waals surface area contributed by atoms with Gasteiger partial charge in [0.25, 0.3) is 0 Å². The Bertz CT molecular complexity index is 828. The number of aryl methyl sites for hydroxylation is 3. The summed E-state index contributed by atoms with van der Waals surface area (Å²) in [6.07, 6.45) is 1.92. The number of fused-ring (bicyclic) bond motifs is 1. The highest BCUT2D eigenvalue weighted by Gasteiger charge is 2.09. The van der Waals surface area contributed by atoms with Gasteiger partial charge in [-0.15, -0.1) is 0 Å². The number of para-hydroxylation sites is 1. The van der Waals surface area contributed by atoms with Gasteiger partial charge in [-0.1, -0.05) is 24.3 Å². The molecule has 3 rings (SSSR count). The third-order valence-corrected chi connectivity index (χ3v) is 3.62. The summed E-state index contributed by atoms with van der Waals surface area (Å²) in [7, 11) is 1.97. The van der Waals surface area contributed by atoms with E-state index >= 15 is 0 Å². The van der Waals surface area contributed by atoms with Gasteiger partial charge in [-0.05, 0) is 43.2 Å². The van der Waals surface area contributed by atoms with Crippen molar-refractivity contribution < 1.29 is 4.79 Å². The number of hydrogen-bond donors (Lipinski definition) is 2. The Morgan fingerprint density at radius 1 is 1.00 bits per heavy atom. The van der Waals surface area contributed by atoms with Crippen LogP contribution in [0.25, 0.3) is 10.9 Å². The Morgan fingerprint density at radius 2 is 1.68 bits per heavy atom. The van der Waals surface area contributed by atoms with Gasteiger partial charge in [-0.25, -0.2) is 4.79 Å². The lowest BCUT2D eigenvalue weighted by Gasteiger charge is -2.08. The summed E-state index contributed by atoms with van der Waals surface area (Å²) in [5.41, 5.74) is 4.94. The minimum absolute atomic E-state index is 0.235. The molecule has 0 unspecified atom stereocenters.